The number of β-amino-alcohol motifs (C(OH)–C–C–N with tert-alkyl or cyclic N) is 1. The number of methoxy groups -OCH3 is 1. The number of phenols is 1. The Morgan fingerprint density at radius 2 is 1.75 bits per heavy atom. The van der Waals surface area contributed by atoms with Gasteiger partial charge in [-0.15, -0.1) is 0 Å². The minimum Gasteiger partial charge on any atom is -0.504 e. The van der Waals surface area contributed by atoms with Crippen LogP contribution in [0.25, 0.3) is 0 Å². The third-order valence-electron chi connectivity index (χ3n) is 5.56. The Hall–Kier alpha value is -2.73. The first kappa shape index (κ1) is 25.5. The molecule has 0 fully saturated rings. The molecule has 2 N–H and O–H groups in total. The Bertz CT molecular complexity index is 894. The highest BCUT2D eigenvalue weighted by Crippen LogP contribution is 2.44. The Morgan fingerprint density at radius 1 is 1.09 bits per heavy atom. The number of hydrogen-bond acceptors (Lipinski definition) is 5. The van der Waals surface area contributed by atoms with Gasteiger partial charge in [-0.3, -0.25) is 4.79 Å². The van der Waals surface area contributed by atoms with Gasteiger partial charge in [0.1, 0.15) is 6.61 Å². The molecule has 2 rings (SSSR count). The van der Waals surface area contributed by atoms with Crippen molar-refractivity contribution in [3.05, 3.63) is 52.1 Å². The molecule has 0 aromatic heterocycles. The number of amides is 1. The van der Waals surface area contributed by atoms with Gasteiger partial charge in [-0.05, 0) is 65.5 Å². The van der Waals surface area contributed by atoms with Crippen LogP contribution in [0.5, 0.6) is 17.2 Å². The molecule has 0 aliphatic carbocycles. The van der Waals surface area contributed by atoms with Crippen molar-refractivity contribution in [1.29, 1.82) is 0 Å². The van der Waals surface area contributed by atoms with E-state index in [4.69, 9.17) is 14.6 Å². The Balaban J connectivity index is 1.96. The lowest BCUT2D eigenvalue weighted by molar-refractivity contribution is 0.0745. The number of carbonyl (C=O) groups is 1. The summed E-state index contributed by atoms with van der Waals surface area (Å²) in [7, 11) is 1.48. The zero-order chi connectivity index (χ0) is 23.7. The molecule has 6 nitrogen and oxygen atoms in total. The van der Waals surface area contributed by atoms with Crippen molar-refractivity contribution in [2.75, 3.05) is 26.9 Å². The second kappa shape index (κ2) is 12.3. The molecular weight excluding hydrogens is 406 g/mol. The van der Waals surface area contributed by atoms with E-state index in [0.717, 1.165) is 25.7 Å². The van der Waals surface area contributed by atoms with Gasteiger partial charge in [0.25, 0.3) is 5.91 Å². The minimum atomic E-state index is -0.228. The average Bonchev–Trinajstić information content (AvgIpc) is 3.05. The maximum atomic E-state index is 12.4. The van der Waals surface area contributed by atoms with E-state index in [1.165, 1.54) is 28.7 Å². The number of rotatable bonds is 12. The summed E-state index contributed by atoms with van der Waals surface area (Å²) in [4.78, 5) is 13.9. The smallest absolute Gasteiger partial charge is 0.254 e. The van der Waals surface area contributed by atoms with Crippen LogP contribution in [-0.4, -0.2) is 47.9 Å². The molecule has 0 atom stereocenters. The van der Waals surface area contributed by atoms with E-state index in [1.807, 2.05) is 6.08 Å². The lowest BCUT2D eigenvalue weighted by atomic mass is 10.1. The molecule has 1 heterocycles. The second-order valence-corrected chi connectivity index (χ2v) is 8.50. The maximum Gasteiger partial charge on any atom is 0.254 e. The van der Waals surface area contributed by atoms with Crippen molar-refractivity contribution in [3.63, 3.8) is 0 Å². The van der Waals surface area contributed by atoms with Crippen molar-refractivity contribution in [1.82, 2.24) is 4.90 Å². The predicted molar refractivity (Wildman–Crippen MR) is 127 cm³/mol. The number of hydrogen-bond donors (Lipinski definition) is 2. The van der Waals surface area contributed by atoms with E-state index >= 15 is 0 Å². The molecule has 32 heavy (non-hydrogen) atoms. The molecule has 6 heteroatoms. The summed E-state index contributed by atoms with van der Waals surface area (Å²) >= 11 is 0. The first-order valence-electron chi connectivity index (χ1n) is 11.2. The van der Waals surface area contributed by atoms with Crippen LogP contribution in [0.1, 0.15) is 69.3 Å². The van der Waals surface area contributed by atoms with E-state index in [0.29, 0.717) is 23.5 Å². The molecule has 1 aromatic rings. The van der Waals surface area contributed by atoms with Gasteiger partial charge in [-0.2, -0.15) is 0 Å². The summed E-state index contributed by atoms with van der Waals surface area (Å²) < 4.78 is 11.2. The SMILES string of the molecule is COc1cc2c(c(O)c1OC/C=C(\C)CC/C=C(\C)CCC=C(C)C)CN(CCO)C2=O. The van der Waals surface area contributed by atoms with Crippen LogP contribution >= 0.6 is 0 Å². The van der Waals surface area contributed by atoms with Gasteiger partial charge in [0.05, 0.1) is 25.8 Å². The van der Waals surface area contributed by atoms with Crippen LogP contribution in [0.2, 0.25) is 0 Å². The molecule has 0 saturated carbocycles. The predicted octanol–water partition coefficient (Wildman–Crippen LogP) is 5.15. The van der Waals surface area contributed by atoms with Crippen LogP contribution in [-0.2, 0) is 6.54 Å². The monoisotopic (exact) mass is 443 g/mol. The van der Waals surface area contributed by atoms with Crippen molar-refractivity contribution >= 4 is 5.91 Å². The Morgan fingerprint density at radius 3 is 2.38 bits per heavy atom. The van der Waals surface area contributed by atoms with Gasteiger partial charge in [0.15, 0.2) is 11.5 Å². The normalized spacial score (nSPS) is 13.9. The fourth-order valence-electron chi connectivity index (χ4n) is 3.65. The van der Waals surface area contributed by atoms with Crippen molar-refractivity contribution in [2.24, 2.45) is 0 Å². The average molecular weight is 444 g/mol. The highest BCUT2D eigenvalue weighted by Gasteiger charge is 2.33. The molecule has 176 valence electrons. The molecule has 0 spiro atoms. The Labute approximate surface area is 191 Å². The lowest BCUT2D eigenvalue weighted by Crippen LogP contribution is -2.26. The number of aliphatic hydroxyl groups excluding tert-OH is 1. The molecule has 0 unspecified atom stereocenters. The molecular formula is C26H37NO5. The van der Waals surface area contributed by atoms with E-state index in [9.17, 15) is 9.90 Å². The quantitative estimate of drug-likeness (QED) is 0.437. The lowest BCUT2D eigenvalue weighted by Gasteiger charge is -2.14. The number of ether oxygens (including phenoxy) is 2. The maximum absolute atomic E-state index is 12.4. The van der Waals surface area contributed by atoms with E-state index < -0.39 is 0 Å². The number of carbonyl (C=O) groups excluding carboxylic acids is 1. The third-order valence-corrected chi connectivity index (χ3v) is 5.56. The first-order chi connectivity index (χ1) is 15.3. The first-order valence-corrected chi connectivity index (χ1v) is 11.2. The molecule has 1 aromatic carbocycles. The zero-order valence-corrected chi connectivity index (χ0v) is 20.0. The largest absolute Gasteiger partial charge is 0.504 e. The minimum absolute atomic E-state index is 0.0749. The summed E-state index contributed by atoms with van der Waals surface area (Å²) in [5.41, 5.74) is 4.87. The molecule has 1 aliphatic heterocycles. The van der Waals surface area contributed by atoms with Gasteiger partial charge < -0.3 is 24.6 Å². The number of benzene rings is 1. The number of fused-ring (bicyclic) bond motifs is 1. The van der Waals surface area contributed by atoms with Crippen molar-refractivity contribution in [2.45, 2.75) is 59.9 Å². The zero-order valence-electron chi connectivity index (χ0n) is 20.0. The summed E-state index contributed by atoms with van der Waals surface area (Å²) in [6.45, 7) is 9.13. The van der Waals surface area contributed by atoms with E-state index in [1.54, 1.807) is 6.07 Å². The second-order valence-electron chi connectivity index (χ2n) is 8.50. The number of aliphatic hydroxyl groups is 1. The van der Waals surface area contributed by atoms with Gasteiger partial charge in [-0.25, -0.2) is 0 Å². The van der Waals surface area contributed by atoms with E-state index in [-0.39, 0.29) is 37.1 Å². The van der Waals surface area contributed by atoms with Crippen LogP contribution in [0.4, 0.5) is 0 Å². The summed E-state index contributed by atoms with van der Waals surface area (Å²) in [5.74, 6) is 0.258. The van der Waals surface area contributed by atoms with Gasteiger partial charge in [-0.1, -0.05) is 28.9 Å². The fourth-order valence-corrected chi connectivity index (χ4v) is 3.65. The highest BCUT2D eigenvalue weighted by atomic mass is 16.5. The van der Waals surface area contributed by atoms with Gasteiger partial charge >= 0.3 is 0 Å². The summed E-state index contributed by atoms with van der Waals surface area (Å²) in [5, 5.41) is 19.9. The number of phenolic OH excluding ortho intramolecular Hbond substituents is 1. The summed E-state index contributed by atoms with van der Waals surface area (Å²) in [6.07, 6.45) is 10.7. The van der Waals surface area contributed by atoms with Crippen LogP contribution in [0.15, 0.2) is 41.0 Å². The van der Waals surface area contributed by atoms with E-state index in [2.05, 4.69) is 39.8 Å². The summed E-state index contributed by atoms with van der Waals surface area (Å²) in [6, 6.07) is 1.60. The number of aromatic hydroxyl groups is 1. The topological polar surface area (TPSA) is 79.2 Å². The van der Waals surface area contributed by atoms with Gasteiger partial charge in [0, 0.05) is 12.1 Å². The van der Waals surface area contributed by atoms with Crippen LogP contribution in [0.3, 0.4) is 0 Å². The standard InChI is InChI=1S/C26H37NO5/c1-18(2)8-6-9-19(3)10-7-11-20(4)12-15-32-25-23(31-5)16-21-22(24(25)29)17-27(13-14-28)26(21)30/h8,10,12,16,28-29H,6-7,9,11,13-15,17H2,1-5H3/b19-10+,20-12+. The van der Waals surface area contributed by atoms with Gasteiger partial charge in [0.2, 0.25) is 5.75 Å². The van der Waals surface area contributed by atoms with Crippen molar-refractivity contribution < 1.29 is 24.5 Å². The molecule has 1 aliphatic rings. The Kier molecular flexibility index (Phi) is 9.85. The molecule has 1 amide bonds. The highest BCUT2D eigenvalue weighted by molar-refractivity contribution is 6.00. The van der Waals surface area contributed by atoms with Crippen LogP contribution in [0, 0.1) is 0 Å². The third kappa shape index (κ3) is 6.89. The fraction of sp³-hybridized carbons (Fsp3) is 0.500. The number of nitrogens with zero attached hydrogens (tertiary/aromatic N) is 1. The van der Waals surface area contributed by atoms with Crippen LogP contribution < -0.4 is 9.47 Å². The molecule has 0 saturated heterocycles. The molecule has 0 bridgehead atoms. The van der Waals surface area contributed by atoms with Crippen molar-refractivity contribution in [3.8, 4) is 17.2 Å². The number of allylic oxidation sites excluding steroid dienone is 5. The molecule has 0 radical (unpaired) electrons.